The van der Waals surface area contributed by atoms with Gasteiger partial charge < -0.3 is 4.74 Å². The Bertz CT molecular complexity index is 832. The molecule has 0 saturated heterocycles. The number of rotatable bonds is 5. The van der Waals surface area contributed by atoms with Crippen LogP contribution in [0.15, 0.2) is 63.5 Å². The molecule has 1 aromatic heterocycles. The largest absolute Gasteiger partial charge is 0.496 e. The Hall–Kier alpha value is -2.18. The summed E-state index contributed by atoms with van der Waals surface area (Å²) in [5.41, 5.74) is 5.80. The topological polar surface area (TPSA) is 46.5 Å². The van der Waals surface area contributed by atoms with Crippen molar-refractivity contribution < 1.29 is 4.74 Å². The van der Waals surface area contributed by atoms with Crippen molar-refractivity contribution in [2.24, 2.45) is 5.10 Å². The van der Waals surface area contributed by atoms with E-state index in [4.69, 9.17) is 4.74 Å². The lowest BCUT2D eigenvalue weighted by Gasteiger charge is -2.04. The van der Waals surface area contributed by atoms with Gasteiger partial charge in [-0.1, -0.05) is 40.2 Å². The van der Waals surface area contributed by atoms with E-state index in [9.17, 15) is 0 Å². The molecule has 0 unspecified atom stereocenters. The molecule has 0 aliphatic carbocycles. The molecule has 0 saturated carbocycles. The minimum Gasteiger partial charge on any atom is -0.496 e. The molecule has 1 heterocycles. The van der Waals surface area contributed by atoms with Crippen LogP contribution >= 0.6 is 27.3 Å². The predicted octanol–water partition coefficient (Wildman–Crippen LogP) is 5.03. The molecule has 2 aromatic carbocycles. The van der Waals surface area contributed by atoms with Gasteiger partial charge in [0.15, 0.2) is 0 Å². The Morgan fingerprint density at radius 3 is 2.91 bits per heavy atom. The second kappa shape index (κ2) is 7.39. The lowest BCUT2D eigenvalue weighted by Crippen LogP contribution is -1.91. The summed E-state index contributed by atoms with van der Waals surface area (Å²) in [6.07, 6.45) is 1.76. The van der Waals surface area contributed by atoms with Crippen LogP contribution in [0.2, 0.25) is 0 Å². The van der Waals surface area contributed by atoms with E-state index in [0.717, 1.165) is 32.2 Å². The Morgan fingerprint density at radius 2 is 2.09 bits per heavy atom. The second-order valence-electron chi connectivity index (χ2n) is 4.66. The molecular weight excluding hydrogens is 374 g/mol. The first-order valence-electron chi connectivity index (χ1n) is 6.90. The first kappa shape index (κ1) is 15.7. The smallest absolute Gasteiger partial charge is 0.203 e. The van der Waals surface area contributed by atoms with E-state index in [1.54, 1.807) is 13.3 Å². The normalized spacial score (nSPS) is 10.9. The SMILES string of the molecule is COc1ccccc1-c1csc(N/N=C\c2cccc(Br)c2)n1. The summed E-state index contributed by atoms with van der Waals surface area (Å²) in [5.74, 6) is 0.807. The zero-order valence-corrected chi connectivity index (χ0v) is 14.8. The molecule has 0 amide bonds. The van der Waals surface area contributed by atoms with E-state index < -0.39 is 0 Å². The first-order valence-corrected chi connectivity index (χ1v) is 8.57. The fourth-order valence-corrected chi connectivity index (χ4v) is 3.13. The predicted molar refractivity (Wildman–Crippen MR) is 99.5 cm³/mol. The number of aromatic nitrogens is 1. The first-order chi connectivity index (χ1) is 11.3. The number of halogens is 1. The van der Waals surface area contributed by atoms with E-state index in [0.29, 0.717) is 0 Å². The van der Waals surface area contributed by atoms with Crippen LogP contribution in [0.4, 0.5) is 5.13 Å². The van der Waals surface area contributed by atoms with E-state index in [-0.39, 0.29) is 0 Å². The van der Waals surface area contributed by atoms with Crippen LogP contribution in [0.1, 0.15) is 5.56 Å². The molecule has 0 spiro atoms. The highest BCUT2D eigenvalue weighted by Gasteiger charge is 2.08. The number of nitrogens with one attached hydrogen (secondary N) is 1. The van der Waals surface area contributed by atoms with Gasteiger partial charge in [-0.15, -0.1) is 11.3 Å². The van der Waals surface area contributed by atoms with Crippen molar-refractivity contribution in [3.63, 3.8) is 0 Å². The van der Waals surface area contributed by atoms with Crippen molar-refractivity contribution in [2.45, 2.75) is 0 Å². The molecule has 0 fully saturated rings. The number of methoxy groups -OCH3 is 1. The van der Waals surface area contributed by atoms with Gasteiger partial charge in [0.05, 0.1) is 19.0 Å². The zero-order valence-electron chi connectivity index (χ0n) is 12.4. The molecular formula is C17H14BrN3OS. The van der Waals surface area contributed by atoms with Gasteiger partial charge in [-0.05, 0) is 29.8 Å². The molecule has 23 heavy (non-hydrogen) atoms. The average molecular weight is 388 g/mol. The van der Waals surface area contributed by atoms with Crippen LogP contribution in [0.3, 0.4) is 0 Å². The summed E-state index contributed by atoms with van der Waals surface area (Å²) in [6, 6.07) is 15.7. The second-order valence-corrected chi connectivity index (χ2v) is 6.44. The molecule has 6 heteroatoms. The molecule has 0 radical (unpaired) electrons. The van der Waals surface area contributed by atoms with Gasteiger partial charge in [-0.25, -0.2) is 4.98 Å². The van der Waals surface area contributed by atoms with Gasteiger partial charge in [0.25, 0.3) is 0 Å². The number of anilines is 1. The van der Waals surface area contributed by atoms with Crippen molar-refractivity contribution in [1.29, 1.82) is 0 Å². The maximum absolute atomic E-state index is 5.37. The summed E-state index contributed by atoms with van der Waals surface area (Å²) in [5, 5.41) is 6.94. The minimum atomic E-state index is 0.733. The standard InChI is InChI=1S/C17H14BrN3OS/c1-22-16-8-3-2-7-14(16)15-11-23-17(20-15)21-19-10-12-5-4-6-13(18)9-12/h2-11H,1H3,(H,20,21)/b19-10-. The zero-order chi connectivity index (χ0) is 16.1. The van der Waals surface area contributed by atoms with Gasteiger partial charge in [0.1, 0.15) is 5.75 Å². The van der Waals surface area contributed by atoms with Crippen molar-refractivity contribution in [1.82, 2.24) is 4.98 Å². The number of benzene rings is 2. The lowest BCUT2D eigenvalue weighted by atomic mass is 10.1. The van der Waals surface area contributed by atoms with E-state index >= 15 is 0 Å². The summed E-state index contributed by atoms with van der Waals surface area (Å²) < 4.78 is 6.39. The molecule has 0 aliphatic rings. The van der Waals surface area contributed by atoms with Crippen LogP contribution < -0.4 is 10.2 Å². The highest BCUT2D eigenvalue weighted by atomic mass is 79.9. The number of thiazole rings is 1. The third-order valence-corrected chi connectivity index (χ3v) is 4.35. The molecule has 3 rings (SSSR count). The number of nitrogens with zero attached hydrogens (tertiary/aromatic N) is 2. The average Bonchev–Trinajstić information content (AvgIpc) is 3.03. The number of ether oxygens (including phenoxy) is 1. The number of hydrogen-bond donors (Lipinski definition) is 1. The lowest BCUT2D eigenvalue weighted by molar-refractivity contribution is 0.416. The van der Waals surface area contributed by atoms with Crippen molar-refractivity contribution in [2.75, 3.05) is 12.5 Å². The monoisotopic (exact) mass is 387 g/mol. The van der Waals surface area contributed by atoms with Gasteiger partial charge in [0.2, 0.25) is 5.13 Å². The molecule has 0 aliphatic heterocycles. The van der Waals surface area contributed by atoms with Gasteiger partial charge in [0, 0.05) is 15.4 Å². The van der Waals surface area contributed by atoms with Crippen molar-refractivity contribution in [3.05, 3.63) is 63.9 Å². The van der Waals surface area contributed by atoms with Gasteiger partial charge in [-0.3, -0.25) is 5.43 Å². The van der Waals surface area contributed by atoms with Crippen LogP contribution in [0, 0.1) is 0 Å². The van der Waals surface area contributed by atoms with Crippen molar-refractivity contribution in [3.8, 4) is 17.0 Å². The quantitative estimate of drug-likeness (QED) is 0.493. The van der Waals surface area contributed by atoms with Gasteiger partial charge >= 0.3 is 0 Å². The van der Waals surface area contributed by atoms with E-state index in [2.05, 4.69) is 31.4 Å². The van der Waals surface area contributed by atoms with Crippen LogP contribution in [-0.2, 0) is 0 Å². The Balaban J connectivity index is 1.72. The van der Waals surface area contributed by atoms with Crippen LogP contribution in [0.25, 0.3) is 11.3 Å². The molecule has 0 atom stereocenters. The van der Waals surface area contributed by atoms with E-state index in [1.807, 2.05) is 53.9 Å². The summed E-state index contributed by atoms with van der Waals surface area (Å²) in [4.78, 5) is 4.54. The van der Waals surface area contributed by atoms with Crippen LogP contribution in [0.5, 0.6) is 5.75 Å². The summed E-state index contributed by atoms with van der Waals surface area (Å²) in [6.45, 7) is 0. The number of para-hydroxylation sites is 1. The molecule has 1 N–H and O–H groups in total. The number of hydrazone groups is 1. The highest BCUT2D eigenvalue weighted by molar-refractivity contribution is 9.10. The molecule has 4 nitrogen and oxygen atoms in total. The number of hydrogen-bond acceptors (Lipinski definition) is 5. The third kappa shape index (κ3) is 3.97. The summed E-state index contributed by atoms with van der Waals surface area (Å²) >= 11 is 4.94. The fourth-order valence-electron chi connectivity index (χ4n) is 2.05. The Kier molecular flexibility index (Phi) is 5.05. The van der Waals surface area contributed by atoms with Crippen LogP contribution in [-0.4, -0.2) is 18.3 Å². The molecule has 0 bridgehead atoms. The Morgan fingerprint density at radius 1 is 1.22 bits per heavy atom. The fraction of sp³-hybridized carbons (Fsp3) is 0.0588. The van der Waals surface area contributed by atoms with E-state index in [1.165, 1.54) is 11.3 Å². The molecule has 3 aromatic rings. The van der Waals surface area contributed by atoms with Gasteiger partial charge in [-0.2, -0.15) is 5.10 Å². The Labute approximate surface area is 147 Å². The third-order valence-electron chi connectivity index (χ3n) is 3.11. The maximum atomic E-state index is 5.37. The highest BCUT2D eigenvalue weighted by Crippen LogP contribution is 2.31. The summed E-state index contributed by atoms with van der Waals surface area (Å²) in [7, 11) is 1.66. The molecule has 116 valence electrons. The maximum Gasteiger partial charge on any atom is 0.203 e. The minimum absolute atomic E-state index is 0.733. The van der Waals surface area contributed by atoms with Crippen molar-refractivity contribution >= 4 is 38.6 Å².